The van der Waals surface area contributed by atoms with E-state index in [2.05, 4.69) is 10.0 Å². The molecule has 4 aromatic rings. The minimum atomic E-state index is -4.64. The largest absolute Gasteiger partial charge is 0.416 e. The molecule has 214 valence electrons. The smallest absolute Gasteiger partial charge is 0.325 e. The van der Waals surface area contributed by atoms with Crippen molar-refractivity contribution in [2.45, 2.75) is 22.9 Å². The van der Waals surface area contributed by atoms with Crippen LogP contribution in [-0.4, -0.2) is 29.3 Å². The zero-order chi connectivity index (χ0) is 29.8. The summed E-state index contributed by atoms with van der Waals surface area (Å²) in [5.41, 5.74) is -0.163. The average molecular weight is 604 g/mol. The van der Waals surface area contributed by atoms with Gasteiger partial charge in [-0.1, -0.05) is 42.5 Å². The van der Waals surface area contributed by atoms with Crippen LogP contribution in [0.5, 0.6) is 0 Å². The van der Waals surface area contributed by atoms with Gasteiger partial charge in [0.2, 0.25) is 5.91 Å². The van der Waals surface area contributed by atoms with Crippen LogP contribution < -0.4 is 14.3 Å². The molecule has 0 bridgehead atoms. The van der Waals surface area contributed by atoms with E-state index in [1.165, 1.54) is 30.3 Å². The summed E-state index contributed by atoms with van der Waals surface area (Å²) in [6, 6.07) is 23.0. The summed E-state index contributed by atoms with van der Waals surface area (Å²) in [6.07, 6.45) is -4.64. The number of hydrogen-bond acceptors (Lipinski definition) is 5. The van der Waals surface area contributed by atoms with Gasteiger partial charge in [-0.2, -0.15) is 13.2 Å². The maximum Gasteiger partial charge on any atom is 0.416 e. The van der Waals surface area contributed by atoms with Crippen molar-refractivity contribution in [2.24, 2.45) is 0 Å². The number of aryl methyl sites for hydroxylation is 1. The Hall–Kier alpha value is -4.36. The predicted octanol–water partition coefficient (Wildman–Crippen LogP) is 5.65. The number of rotatable bonds is 9. The Morgan fingerprint density at radius 1 is 0.756 bits per heavy atom. The van der Waals surface area contributed by atoms with Crippen LogP contribution in [-0.2, 0) is 31.0 Å². The molecule has 0 saturated heterocycles. The second-order valence-electron chi connectivity index (χ2n) is 8.87. The Morgan fingerprint density at radius 3 is 2.02 bits per heavy atom. The third-order valence-corrected chi connectivity index (χ3v) is 9.06. The number of halogens is 3. The molecule has 0 spiro atoms. The highest BCUT2D eigenvalue weighted by molar-refractivity contribution is 7.93. The lowest BCUT2D eigenvalue weighted by Gasteiger charge is -2.25. The number of nitrogens with zero attached hydrogens (tertiary/aromatic N) is 1. The van der Waals surface area contributed by atoms with Gasteiger partial charge in [-0.25, -0.2) is 16.8 Å². The van der Waals surface area contributed by atoms with Gasteiger partial charge < -0.3 is 5.32 Å². The number of para-hydroxylation sites is 1. The Balaban J connectivity index is 1.52. The van der Waals surface area contributed by atoms with E-state index in [1.54, 1.807) is 49.4 Å². The first-order valence-corrected chi connectivity index (χ1v) is 14.9. The van der Waals surface area contributed by atoms with E-state index >= 15 is 0 Å². The van der Waals surface area contributed by atoms with E-state index in [1.807, 2.05) is 0 Å². The van der Waals surface area contributed by atoms with Gasteiger partial charge in [0, 0.05) is 11.4 Å². The summed E-state index contributed by atoms with van der Waals surface area (Å²) < 4.78 is 94.4. The van der Waals surface area contributed by atoms with Gasteiger partial charge in [0.05, 0.1) is 21.0 Å². The summed E-state index contributed by atoms with van der Waals surface area (Å²) in [7, 11) is -8.37. The van der Waals surface area contributed by atoms with E-state index in [9.17, 15) is 34.8 Å². The maximum atomic E-state index is 13.5. The van der Waals surface area contributed by atoms with Crippen LogP contribution in [0.15, 0.2) is 113 Å². The summed E-state index contributed by atoms with van der Waals surface area (Å²) >= 11 is 0. The SMILES string of the molecule is Cc1ccccc1N(CC(=O)Nc1ccc(S(=O)(=O)Nc2cccc(C(F)(F)F)c2)cc1)S(=O)(=O)c1ccccc1. The first-order chi connectivity index (χ1) is 19.3. The van der Waals surface area contributed by atoms with E-state index in [-0.39, 0.29) is 21.2 Å². The fourth-order valence-electron chi connectivity index (χ4n) is 3.88. The Bertz CT molecular complexity index is 1760. The lowest BCUT2D eigenvalue weighted by Crippen LogP contribution is -2.38. The van der Waals surface area contributed by atoms with Crippen molar-refractivity contribution in [3.05, 3.63) is 114 Å². The number of hydrogen-bond donors (Lipinski definition) is 2. The molecule has 0 aliphatic carbocycles. The van der Waals surface area contributed by atoms with Crippen LogP contribution in [0.4, 0.5) is 30.2 Å². The first kappa shape index (κ1) is 29.6. The molecule has 0 aromatic heterocycles. The molecule has 0 radical (unpaired) electrons. The molecular formula is C28H24F3N3O5S2. The zero-order valence-corrected chi connectivity index (χ0v) is 23.1. The van der Waals surface area contributed by atoms with Crippen LogP contribution in [0.3, 0.4) is 0 Å². The first-order valence-electron chi connectivity index (χ1n) is 12.0. The quantitative estimate of drug-likeness (QED) is 0.257. The molecule has 0 saturated carbocycles. The predicted molar refractivity (Wildman–Crippen MR) is 149 cm³/mol. The van der Waals surface area contributed by atoms with E-state index in [4.69, 9.17) is 0 Å². The Kier molecular flexibility index (Phi) is 8.40. The number of anilines is 3. The highest BCUT2D eigenvalue weighted by Gasteiger charge is 2.31. The van der Waals surface area contributed by atoms with Crippen molar-refractivity contribution in [2.75, 3.05) is 20.9 Å². The lowest BCUT2D eigenvalue weighted by atomic mass is 10.2. The molecule has 2 N–H and O–H groups in total. The maximum absolute atomic E-state index is 13.5. The molecule has 0 atom stereocenters. The molecule has 1 amide bonds. The van der Waals surface area contributed by atoms with Crippen molar-refractivity contribution in [3.63, 3.8) is 0 Å². The second-order valence-corrected chi connectivity index (χ2v) is 12.4. The fourth-order valence-corrected chi connectivity index (χ4v) is 6.44. The molecule has 0 fully saturated rings. The number of benzene rings is 4. The Morgan fingerprint density at radius 2 is 1.39 bits per heavy atom. The number of sulfonamides is 2. The number of amides is 1. The monoisotopic (exact) mass is 603 g/mol. The van der Waals surface area contributed by atoms with Gasteiger partial charge in [0.1, 0.15) is 6.54 Å². The highest BCUT2D eigenvalue weighted by Crippen LogP contribution is 2.31. The van der Waals surface area contributed by atoms with Gasteiger partial charge in [-0.3, -0.25) is 13.8 Å². The molecule has 41 heavy (non-hydrogen) atoms. The molecule has 4 aromatic carbocycles. The normalized spacial score (nSPS) is 12.0. The number of carbonyl (C=O) groups excluding carboxylic acids is 1. The highest BCUT2D eigenvalue weighted by atomic mass is 32.2. The number of nitrogens with one attached hydrogen (secondary N) is 2. The van der Waals surface area contributed by atoms with Gasteiger partial charge in [-0.15, -0.1) is 0 Å². The topological polar surface area (TPSA) is 113 Å². The molecule has 4 rings (SSSR count). The summed E-state index contributed by atoms with van der Waals surface area (Å²) in [5.74, 6) is -0.689. The molecule has 8 nitrogen and oxygen atoms in total. The van der Waals surface area contributed by atoms with Crippen molar-refractivity contribution >= 4 is 43.0 Å². The van der Waals surface area contributed by atoms with Gasteiger partial charge in [0.25, 0.3) is 20.0 Å². The van der Waals surface area contributed by atoms with Crippen LogP contribution >= 0.6 is 0 Å². The van der Waals surface area contributed by atoms with Crippen molar-refractivity contribution in [3.8, 4) is 0 Å². The number of carbonyl (C=O) groups is 1. The van der Waals surface area contributed by atoms with Crippen LogP contribution in [0, 0.1) is 6.92 Å². The van der Waals surface area contributed by atoms with Gasteiger partial charge >= 0.3 is 6.18 Å². The molecule has 13 heteroatoms. The second kappa shape index (κ2) is 11.6. The van der Waals surface area contributed by atoms with Crippen molar-refractivity contribution < 1.29 is 34.8 Å². The molecule has 0 aliphatic rings. The third-order valence-electron chi connectivity index (χ3n) is 5.89. The van der Waals surface area contributed by atoms with Gasteiger partial charge in [-0.05, 0) is 73.2 Å². The molecule has 0 aliphatic heterocycles. The molecular weight excluding hydrogens is 579 g/mol. The molecule has 0 unspecified atom stereocenters. The number of alkyl halides is 3. The Labute approximate surface area is 235 Å². The summed E-state index contributed by atoms with van der Waals surface area (Å²) in [4.78, 5) is 12.7. The summed E-state index contributed by atoms with van der Waals surface area (Å²) in [6.45, 7) is 1.15. The summed E-state index contributed by atoms with van der Waals surface area (Å²) in [5, 5.41) is 2.55. The van der Waals surface area contributed by atoms with E-state index in [0.29, 0.717) is 17.3 Å². The van der Waals surface area contributed by atoms with Crippen LogP contribution in [0.2, 0.25) is 0 Å². The standard InChI is InChI=1S/C28H24F3N3O5S2/c1-20-8-5-6-13-26(20)34(41(38,39)25-11-3-2-4-12-25)19-27(35)32-22-14-16-24(17-15-22)40(36,37)33-23-10-7-9-21(18-23)28(29,30)31/h2-18,33H,19H2,1H3,(H,32,35). The lowest BCUT2D eigenvalue weighted by molar-refractivity contribution is -0.137. The zero-order valence-electron chi connectivity index (χ0n) is 21.5. The van der Waals surface area contributed by atoms with Crippen LogP contribution in [0.1, 0.15) is 11.1 Å². The minimum Gasteiger partial charge on any atom is -0.325 e. The minimum absolute atomic E-state index is 0.00103. The van der Waals surface area contributed by atoms with E-state index < -0.39 is 44.2 Å². The van der Waals surface area contributed by atoms with E-state index in [0.717, 1.165) is 28.6 Å². The van der Waals surface area contributed by atoms with Crippen molar-refractivity contribution in [1.82, 2.24) is 0 Å². The average Bonchev–Trinajstić information content (AvgIpc) is 2.92. The fraction of sp³-hybridized carbons (Fsp3) is 0.107. The van der Waals surface area contributed by atoms with Gasteiger partial charge in [0.15, 0.2) is 0 Å². The van der Waals surface area contributed by atoms with Crippen LogP contribution in [0.25, 0.3) is 0 Å². The molecule has 0 heterocycles. The van der Waals surface area contributed by atoms with Crippen molar-refractivity contribution in [1.29, 1.82) is 0 Å². The third kappa shape index (κ3) is 7.05.